The summed E-state index contributed by atoms with van der Waals surface area (Å²) in [6, 6.07) is 48.1. The van der Waals surface area contributed by atoms with E-state index in [1.807, 2.05) is 12.4 Å². The van der Waals surface area contributed by atoms with E-state index in [0.717, 1.165) is 103 Å². The average Bonchev–Trinajstić information content (AvgIpc) is 3.66. The van der Waals surface area contributed by atoms with E-state index in [-0.39, 0.29) is 0 Å². The lowest BCUT2D eigenvalue weighted by atomic mass is 9.88. The van der Waals surface area contributed by atoms with Gasteiger partial charge in [0.15, 0.2) is 0 Å². The molecule has 0 heterocycles. The molecule has 5 aromatic carbocycles. The van der Waals surface area contributed by atoms with Gasteiger partial charge in [0, 0.05) is 51.0 Å². The van der Waals surface area contributed by atoms with Crippen molar-refractivity contribution in [3.05, 3.63) is 273 Å². The van der Waals surface area contributed by atoms with Crippen LogP contribution in [0.2, 0.25) is 0 Å². The Kier molecular flexibility index (Phi) is 34.7. The Morgan fingerprint density at radius 1 is 0.317 bits per heavy atom. The van der Waals surface area contributed by atoms with E-state index in [0.29, 0.717) is 0 Å². The summed E-state index contributed by atoms with van der Waals surface area (Å²) in [7, 11) is 0. The van der Waals surface area contributed by atoms with Crippen LogP contribution in [0.15, 0.2) is 249 Å². The van der Waals surface area contributed by atoms with Crippen LogP contribution in [-0.2, 0) is 51.4 Å². The summed E-state index contributed by atoms with van der Waals surface area (Å²) in [5, 5.41) is 0. The van der Waals surface area contributed by atoms with Gasteiger partial charge in [0.1, 0.15) is 0 Å². The highest BCUT2D eigenvalue weighted by molar-refractivity contribution is 5.80. The van der Waals surface area contributed by atoms with E-state index in [1.54, 1.807) is 22.3 Å². The average molecular weight is 1090 g/mol. The van der Waals surface area contributed by atoms with Crippen molar-refractivity contribution >= 4 is 24.9 Å². The zero-order valence-corrected chi connectivity index (χ0v) is 50.7. The quantitative estimate of drug-likeness (QED) is 0.0213. The lowest BCUT2D eigenvalue weighted by molar-refractivity contribution is 0.657. The molecule has 5 aromatic rings. The molecule has 0 saturated heterocycles. The molecular weight excluding hydrogens is 993 g/mol. The lowest BCUT2D eigenvalue weighted by Gasteiger charge is -2.18. The first-order chi connectivity index (χ1) is 40.6. The fourth-order valence-electron chi connectivity index (χ4n) is 10.0. The van der Waals surface area contributed by atoms with E-state index in [9.17, 15) is 0 Å². The zero-order chi connectivity index (χ0) is 57.6. The molecule has 0 aliphatic rings. The maximum Gasteiger partial charge on any atom is 0.0389 e. The number of hydrogen-bond donors (Lipinski definition) is 0. The Balaban J connectivity index is 1.23. The van der Waals surface area contributed by atoms with Gasteiger partial charge in [-0.3, -0.25) is 20.0 Å². The monoisotopic (exact) mass is 1090 g/mol. The number of aliphatic imine (C=N–C) groups is 4. The summed E-state index contributed by atoms with van der Waals surface area (Å²) < 4.78 is 0. The fourth-order valence-corrected chi connectivity index (χ4v) is 10.0. The van der Waals surface area contributed by atoms with Crippen molar-refractivity contribution < 1.29 is 0 Å². The van der Waals surface area contributed by atoms with Crippen LogP contribution in [0.1, 0.15) is 149 Å². The third-order valence-electron chi connectivity index (χ3n) is 14.7. The number of nitrogens with zero attached hydrogens (tertiary/aromatic N) is 4. The van der Waals surface area contributed by atoms with Crippen LogP contribution >= 0.6 is 0 Å². The summed E-state index contributed by atoms with van der Waals surface area (Å²) >= 11 is 0. The second-order valence-corrected chi connectivity index (χ2v) is 21.4. The molecule has 0 aromatic heterocycles. The van der Waals surface area contributed by atoms with Gasteiger partial charge in [-0.1, -0.05) is 220 Å². The maximum atomic E-state index is 4.93. The van der Waals surface area contributed by atoms with Gasteiger partial charge in [-0.2, -0.15) is 0 Å². The number of rotatable bonds is 40. The Labute approximate surface area is 497 Å². The van der Waals surface area contributed by atoms with E-state index in [1.165, 1.54) is 95.9 Å². The first-order valence-electron chi connectivity index (χ1n) is 31.1. The molecule has 0 aliphatic carbocycles. The van der Waals surface area contributed by atoms with Crippen LogP contribution in [0.4, 0.5) is 0 Å². The third-order valence-corrected chi connectivity index (χ3v) is 14.7. The van der Waals surface area contributed by atoms with Gasteiger partial charge in [-0.25, -0.2) is 0 Å². The molecule has 4 heteroatoms. The van der Waals surface area contributed by atoms with Gasteiger partial charge in [0.05, 0.1) is 0 Å². The molecule has 0 aliphatic heterocycles. The van der Waals surface area contributed by atoms with E-state index in [4.69, 9.17) is 20.0 Å². The minimum absolute atomic E-state index is 0.861. The highest BCUT2D eigenvalue weighted by Gasteiger charge is 2.12. The van der Waals surface area contributed by atoms with Crippen molar-refractivity contribution in [3.63, 3.8) is 0 Å². The van der Waals surface area contributed by atoms with Crippen LogP contribution in [0, 0.1) is 0 Å². The van der Waals surface area contributed by atoms with Gasteiger partial charge >= 0.3 is 0 Å². The molecule has 0 fully saturated rings. The SMILES string of the molecule is C\C=C/C=C(\C=N\CCCCCc1cc(CCCCC/N=C/C=C\C(=C/C)Cc2ccccc2)c(CCCCC/N=C/C(=C\C=C/C)Cc2ccccc2)cc1CCCCC/N=C/C=C\C(=C/C)Cc1ccccc1)Cc1ccccc1. The Bertz CT molecular complexity index is 2670. The van der Waals surface area contributed by atoms with Crippen molar-refractivity contribution in [2.45, 2.75) is 156 Å². The molecule has 0 spiro atoms. The molecular formula is C78H98N4. The van der Waals surface area contributed by atoms with Gasteiger partial charge in [-0.05, 0) is 209 Å². The van der Waals surface area contributed by atoms with Crippen LogP contribution in [0.3, 0.4) is 0 Å². The Hall–Kier alpha value is -7.30. The predicted octanol–water partition coefficient (Wildman–Crippen LogP) is 19.8. The molecule has 430 valence electrons. The highest BCUT2D eigenvalue weighted by atomic mass is 14.7. The molecule has 0 bridgehead atoms. The minimum atomic E-state index is 0.861. The van der Waals surface area contributed by atoms with Crippen molar-refractivity contribution in [2.24, 2.45) is 20.0 Å². The number of hydrogen-bond acceptors (Lipinski definition) is 4. The standard InChI is InChI=1S/C78H98N4/c1-5-9-37-73(61-71-43-23-13-24-44-71)65-81-55-33-17-29-51-77-63-76(50-28-16-32-54-80-58-36-48-68(8-4)60-70-41-21-12-22-42-70)78(52-30-18-34-56-82-66-74(38-10-6-2)62-72-45-25-14-26-46-72)64-75(77)49-27-15-31-53-79-57-35-47-67(7-3)59-69-39-19-11-20-40-69/h5-14,19-26,35-48,57-58,63-66H,15-18,27-34,49-56,59-62H2,1-4H3/b9-5-,10-6-,47-35-,48-36-,67-7+,68-8+,73-37-,74-38-,79-57+,80-58+,81-65+,82-66+. The van der Waals surface area contributed by atoms with Crippen molar-refractivity contribution in [1.29, 1.82) is 0 Å². The van der Waals surface area contributed by atoms with Gasteiger partial charge in [-0.15, -0.1) is 0 Å². The molecule has 0 radical (unpaired) electrons. The van der Waals surface area contributed by atoms with Crippen LogP contribution in [0.25, 0.3) is 0 Å². The lowest BCUT2D eigenvalue weighted by Crippen LogP contribution is -2.04. The van der Waals surface area contributed by atoms with Gasteiger partial charge in [0.25, 0.3) is 0 Å². The normalized spacial score (nSPS) is 13.2. The maximum absolute atomic E-state index is 4.93. The summed E-state index contributed by atoms with van der Waals surface area (Å²) in [6.45, 7) is 11.8. The van der Waals surface area contributed by atoms with Crippen molar-refractivity contribution in [3.8, 4) is 0 Å². The van der Waals surface area contributed by atoms with E-state index < -0.39 is 0 Å². The number of benzene rings is 5. The molecule has 0 atom stereocenters. The number of allylic oxidation sites excluding steroid dienone is 16. The first-order valence-corrected chi connectivity index (χ1v) is 31.1. The van der Waals surface area contributed by atoms with E-state index >= 15 is 0 Å². The topological polar surface area (TPSA) is 49.4 Å². The summed E-state index contributed by atoms with van der Waals surface area (Å²) in [4.78, 5) is 19.4. The Morgan fingerprint density at radius 2 is 0.610 bits per heavy atom. The largest absolute Gasteiger partial charge is 0.293 e. The second kappa shape index (κ2) is 43.4. The molecule has 5 rings (SSSR count). The minimum Gasteiger partial charge on any atom is -0.293 e. The fraction of sp³-hybridized carbons (Fsp3) is 0.359. The molecule has 0 unspecified atom stereocenters. The van der Waals surface area contributed by atoms with Crippen LogP contribution < -0.4 is 0 Å². The number of unbranched alkanes of at least 4 members (excludes halogenated alkanes) is 8. The molecule has 0 N–H and O–H groups in total. The highest BCUT2D eigenvalue weighted by Crippen LogP contribution is 2.26. The Morgan fingerprint density at radius 3 is 0.902 bits per heavy atom. The second-order valence-electron chi connectivity index (χ2n) is 21.4. The van der Waals surface area contributed by atoms with Crippen LogP contribution in [0.5, 0.6) is 0 Å². The van der Waals surface area contributed by atoms with E-state index in [2.05, 4.69) is 246 Å². The first kappa shape index (κ1) is 65.5. The molecule has 82 heavy (non-hydrogen) atoms. The molecule has 0 saturated carbocycles. The van der Waals surface area contributed by atoms with Gasteiger partial charge in [0.2, 0.25) is 0 Å². The smallest absolute Gasteiger partial charge is 0.0389 e. The van der Waals surface area contributed by atoms with Crippen molar-refractivity contribution in [1.82, 2.24) is 0 Å². The third kappa shape index (κ3) is 29.4. The zero-order valence-electron chi connectivity index (χ0n) is 50.7. The summed E-state index contributed by atoms with van der Waals surface area (Å²) in [6.07, 6.45) is 56.0. The number of aryl methyl sites for hydroxylation is 4. The predicted molar refractivity (Wildman–Crippen MR) is 362 cm³/mol. The van der Waals surface area contributed by atoms with Crippen molar-refractivity contribution in [2.75, 3.05) is 26.2 Å². The molecule has 0 amide bonds. The van der Waals surface area contributed by atoms with Crippen LogP contribution in [-0.4, -0.2) is 51.0 Å². The summed E-state index contributed by atoms with van der Waals surface area (Å²) in [5.74, 6) is 0. The van der Waals surface area contributed by atoms with Gasteiger partial charge < -0.3 is 0 Å². The molecule has 4 nitrogen and oxygen atoms in total. The summed E-state index contributed by atoms with van der Waals surface area (Å²) in [5.41, 5.74) is 16.7.